The third-order valence-electron chi connectivity index (χ3n) is 3.61. The topological polar surface area (TPSA) is 68.7 Å². The minimum absolute atomic E-state index is 0.0667. The maximum atomic E-state index is 11.1. The van der Waals surface area contributed by atoms with Crippen LogP contribution in [0.2, 0.25) is 5.02 Å². The summed E-state index contributed by atoms with van der Waals surface area (Å²) in [4.78, 5) is 16.5. The van der Waals surface area contributed by atoms with Crippen molar-refractivity contribution in [3.63, 3.8) is 0 Å². The molecule has 0 radical (unpaired) electrons. The van der Waals surface area contributed by atoms with Gasteiger partial charge < -0.3 is 14.6 Å². The molecule has 0 bridgehead atoms. The average molecular weight is 422 g/mol. The van der Waals surface area contributed by atoms with E-state index >= 15 is 0 Å². The Hall–Kier alpha value is -2.22. The Morgan fingerprint density at radius 3 is 2.74 bits per heavy atom. The van der Waals surface area contributed by atoms with E-state index in [4.69, 9.17) is 26.2 Å². The van der Waals surface area contributed by atoms with Crippen molar-refractivity contribution in [1.82, 2.24) is 4.98 Å². The first-order valence-corrected chi connectivity index (χ1v) is 10.0. The van der Waals surface area contributed by atoms with Crippen molar-refractivity contribution in [2.45, 2.75) is 0 Å². The highest BCUT2D eigenvalue weighted by Crippen LogP contribution is 2.39. The van der Waals surface area contributed by atoms with E-state index in [1.54, 1.807) is 12.1 Å². The van der Waals surface area contributed by atoms with Crippen molar-refractivity contribution in [3.05, 3.63) is 52.0 Å². The predicted molar refractivity (Wildman–Crippen MR) is 112 cm³/mol. The summed E-state index contributed by atoms with van der Waals surface area (Å²) in [5.41, 5.74) is 1.65. The monoisotopic (exact) mass is 421 g/mol. The van der Waals surface area contributed by atoms with Gasteiger partial charge in [0.2, 0.25) is 0 Å². The molecular formula is C19H16ClNO4S2. The first-order valence-electron chi connectivity index (χ1n) is 7.85. The average Bonchev–Trinajstić information content (AvgIpc) is 3.08. The van der Waals surface area contributed by atoms with Crippen molar-refractivity contribution in [3.8, 4) is 11.5 Å². The zero-order valence-electron chi connectivity index (χ0n) is 14.6. The lowest BCUT2D eigenvalue weighted by Crippen LogP contribution is -1.98. The highest BCUT2D eigenvalue weighted by Gasteiger charge is 2.14. The second-order valence-electron chi connectivity index (χ2n) is 5.42. The van der Waals surface area contributed by atoms with Crippen molar-refractivity contribution < 1.29 is 19.4 Å². The minimum Gasteiger partial charge on any atom is -0.493 e. The summed E-state index contributed by atoms with van der Waals surface area (Å²) in [5.74, 6) is -0.000453. The fourth-order valence-corrected chi connectivity index (χ4v) is 4.60. The molecule has 3 rings (SSSR count). The largest absolute Gasteiger partial charge is 0.493 e. The quantitative estimate of drug-likeness (QED) is 0.559. The number of carbonyl (C=O) groups is 1. The Morgan fingerprint density at radius 1 is 1.30 bits per heavy atom. The molecule has 0 amide bonds. The second kappa shape index (κ2) is 8.65. The molecule has 0 saturated heterocycles. The summed E-state index contributed by atoms with van der Waals surface area (Å²) in [7, 11) is 3.06. The molecule has 0 fully saturated rings. The van der Waals surface area contributed by atoms with Crippen LogP contribution in [0.5, 0.6) is 11.5 Å². The minimum atomic E-state index is -0.891. The zero-order valence-corrected chi connectivity index (χ0v) is 17.0. The molecule has 27 heavy (non-hydrogen) atoms. The van der Waals surface area contributed by atoms with Gasteiger partial charge in [-0.3, -0.25) is 4.79 Å². The summed E-state index contributed by atoms with van der Waals surface area (Å²) in [6.45, 7) is 0. The molecule has 0 atom stereocenters. The Bertz CT molecular complexity index is 983. The van der Waals surface area contributed by atoms with E-state index in [2.05, 4.69) is 4.98 Å². The van der Waals surface area contributed by atoms with Gasteiger partial charge in [0.15, 0.2) is 11.5 Å². The number of benzene rings is 2. The van der Waals surface area contributed by atoms with Gasteiger partial charge in [0, 0.05) is 4.91 Å². The number of thioether (sulfide) groups is 1. The van der Waals surface area contributed by atoms with Crippen LogP contribution in [0.15, 0.2) is 36.4 Å². The van der Waals surface area contributed by atoms with Gasteiger partial charge in [-0.1, -0.05) is 23.7 Å². The Kier molecular flexibility index (Phi) is 6.26. The molecule has 5 nitrogen and oxygen atoms in total. The van der Waals surface area contributed by atoms with Gasteiger partial charge in [-0.2, -0.15) is 0 Å². The number of carboxylic acid groups (broad SMARTS) is 1. The third-order valence-corrected chi connectivity index (χ3v) is 6.10. The maximum absolute atomic E-state index is 11.1. The van der Waals surface area contributed by atoms with Gasteiger partial charge in [-0.05, 0) is 35.9 Å². The van der Waals surface area contributed by atoms with Crippen LogP contribution in [0.3, 0.4) is 0 Å². The van der Waals surface area contributed by atoms with E-state index in [0.717, 1.165) is 25.7 Å². The summed E-state index contributed by atoms with van der Waals surface area (Å²) < 4.78 is 11.6. The zero-order chi connectivity index (χ0) is 19.4. The van der Waals surface area contributed by atoms with Gasteiger partial charge in [0.05, 0.1) is 35.2 Å². The fourth-order valence-electron chi connectivity index (χ4n) is 2.45. The fraction of sp³-hybridized carbons (Fsp3) is 0.158. The predicted octanol–water partition coefficient (Wildman–Crippen LogP) is 5.28. The lowest BCUT2D eigenvalue weighted by atomic mass is 10.2. The Balaban J connectivity index is 2.07. The molecule has 1 N–H and O–H groups in total. The highest BCUT2D eigenvalue weighted by atomic mass is 35.5. The first-order chi connectivity index (χ1) is 13.0. The molecule has 0 aliphatic rings. The molecule has 3 aromatic rings. The normalized spacial score (nSPS) is 11.6. The van der Waals surface area contributed by atoms with Crippen LogP contribution in [0.1, 0.15) is 10.6 Å². The number of rotatable bonds is 7. The molecule has 2 aromatic carbocycles. The number of aromatic nitrogens is 1. The number of para-hydroxylation sites is 1. The van der Waals surface area contributed by atoms with E-state index < -0.39 is 5.97 Å². The van der Waals surface area contributed by atoms with Crippen molar-refractivity contribution in [1.29, 1.82) is 0 Å². The van der Waals surface area contributed by atoms with Gasteiger partial charge >= 0.3 is 5.97 Å². The molecule has 140 valence electrons. The molecular weight excluding hydrogens is 406 g/mol. The molecule has 0 aliphatic heterocycles. The highest BCUT2D eigenvalue weighted by molar-refractivity contribution is 8.09. The SMILES string of the molecule is COc1cc(/C=C(\SCC(=O)O)c2nc3ccccc3s2)cc(Cl)c1OC. The van der Waals surface area contributed by atoms with Crippen molar-refractivity contribution in [2.75, 3.05) is 20.0 Å². The van der Waals surface area contributed by atoms with Crippen LogP contribution in [-0.2, 0) is 4.79 Å². The van der Waals surface area contributed by atoms with E-state index in [9.17, 15) is 4.79 Å². The number of aliphatic carboxylic acids is 1. The second-order valence-corrected chi connectivity index (χ2v) is 7.87. The molecule has 8 heteroatoms. The van der Waals surface area contributed by atoms with Crippen molar-refractivity contribution >= 4 is 61.9 Å². The van der Waals surface area contributed by atoms with E-state index in [1.165, 1.54) is 37.3 Å². The molecule has 0 spiro atoms. The van der Waals surface area contributed by atoms with Gasteiger partial charge in [-0.25, -0.2) is 4.98 Å². The first kappa shape index (κ1) is 19.5. The summed E-state index contributed by atoms with van der Waals surface area (Å²) in [6.07, 6.45) is 1.86. The number of thiazole rings is 1. The Labute approximate surface area is 169 Å². The number of carboxylic acids is 1. The lowest BCUT2D eigenvalue weighted by molar-refractivity contribution is -0.133. The van der Waals surface area contributed by atoms with Gasteiger partial charge in [-0.15, -0.1) is 23.1 Å². The maximum Gasteiger partial charge on any atom is 0.313 e. The molecule has 0 aliphatic carbocycles. The van der Waals surface area contributed by atoms with Crippen LogP contribution in [0, 0.1) is 0 Å². The summed E-state index contributed by atoms with van der Waals surface area (Å²) >= 11 is 9.02. The van der Waals surface area contributed by atoms with Crippen LogP contribution in [0.25, 0.3) is 21.2 Å². The van der Waals surface area contributed by atoms with E-state index in [0.29, 0.717) is 16.5 Å². The molecule has 0 saturated carbocycles. The number of nitrogens with zero attached hydrogens (tertiary/aromatic N) is 1. The number of halogens is 1. The Morgan fingerprint density at radius 2 is 2.07 bits per heavy atom. The van der Waals surface area contributed by atoms with Crippen LogP contribution in [0.4, 0.5) is 0 Å². The van der Waals surface area contributed by atoms with Crippen LogP contribution in [-0.4, -0.2) is 36.0 Å². The lowest BCUT2D eigenvalue weighted by Gasteiger charge is -2.11. The summed E-state index contributed by atoms with van der Waals surface area (Å²) in [5, 5.41) is 10.3. The number of ether oxygens (including phenoxy) is 2. The van der Waals surface area contributed by atoms with Gasteiger partial charge in [0.25, 0.3) is 0 Å². The third kappa shape index (κ3) is 4.55. The van der Waals surface area contributed by atoms with Crippen LogP contribution < -0.4 is 9.47 Å². The van der Waals surface area contributed by atoms with E-state index in [1.807, 2.05) is 30.3 Å². The number of methoxy groups -OCH3 is 2. The standard InChI is InChI=1S/C19H16ClNO4S2/c1-24-14-8-11(7-12(20)18(14)25-2)9-16(26-10-17(22)23)19-21-13-5-3-4-6-15(13)27-19/h3-9H,10H2,1-2H3,(H,22,23)/b16-9-. The number of hydrogen-bond acceptors (Lipinski definition) is 6. The molecule has 0 unspecified atom stereocenters. The number of hydrogen-bond donors (Lipinski definition) is 1. The summed E-state index contributed by atoms with van der Waals surface area (Å²) in [6, 6.07) is 11.3. The van der Waals surface area contributed by atoms with Crippen LogP contribution >= 0.6 is 34.7 Å². The van der Waals surface area contributed by atoms with E-state index in [-0.39, 0.29) is 5.75 Å². The molecule has 1 heterocycles. The van der Waals surface area contributed by atoms with Crippen molar-refractivity contribution in [2.24, 2.45) is 0 Å². The molecule has 1 aromatic heterocycles. The smallest absolute Gasteiger partial charge is 0.313 e. The number of fused-ring (bicyclic) bond motifs is 1. The van der Waals surface area contributed by atoms with Gasteiger partial charge in [0.1, 0.15) is 5.01 Å².